The van der Waals surface area contributed by atoms with E-state index in [-0.39, 0.29) is 0 Å². The number of halogens is 2. The van der Waals surface area contributed by atoms with Gasteiger partial charge in [0, 0.05) is 6.08 Å². The van der Waals surface area contributed by atoms with E-state index < -0.39 is 0 Å². The zero-order valence-electron chi connectivity index (χ0n) is 5.06. The smallest absolute Gasteiger partial charge is 0.102 e. The third-order valence-corrected chi connectivity index (χ3v) is 0.746. The molecule has 0 heterocycles. The van der Waals surface area contributed by atoms with Gasteiger partial charge in [-0.05, 0) is 6.92 Å². The van der Waals surface area contributed by atoms with Crippen molar-refractivity contribution in [3.8, 4) is 6.07 Å². The summed E-state index contributed by atoms with van der Waals surface area (Å²) in [5.41, 5.74) is 0. The Bertz CT molecular complexity index is 128. The Hall–Kier alpha value is -0.450. The highest BCUT2D eigenvalue weighted by Gasteiger charge is 1.68. The summed E-state index contributed by atoms with van der Waals surface area (Å²) < 4.78 is 0.324. The predicted molar refractivity (Wildman–Crippen MR) is 41.3 cm³/mol. The summed E-state index contributed by atoms with van der Waals surface area (Å²) in [5.74, 6) is 0. The van der Waals surface area contributed by atoms with Crippen LogP contribution in [0.4, 0.5) is 0 Å². The van der Waals surface area contributed by atoms with Gasteiger partial charge in [-0.2, -0.15) is 5.26 Å². The maximum Gasteiger partial charge on any atom is 0.102 e. The van der Waals surface area contributed by atoms with Gasteiger partial charge < -0.3 is 0 Å². The van der Waals surface area contributed by atoms with Crippen LogP contribution in [0.5, 0.6) is 0 Å². The molecule has 0 aromatic heterocycles. The molecule has 3 heteroatoms. The molecule has 0 amide bonds. The number of nitriles is 1. The number of hydrogen-bond donors (Lipinski definition) is 0. The first-order valence-corrected chi connectivity index (χ1v) is 2.92. The van der Waals surface area contributed by atoms with Crippen LogP contribution in [-0.4, -0.2) is 0 Å². The molecule has 0 saturated carbocycles. The summed E-state index contributed by atoms with van der Waals surface area (Å²) in [6.07, 6.45) is 2.79. The quantitative estimate of drug-likeness (QED) is 0.504. The lowest BCUT2D eigenvalue weighted by Crippen LogP contribution is -1.38. The van der Waals surface area contributed by atoms with E-state index in [4.69, 9.17) is 28.5 Å². The van der Waals surface area contributed by atoms with Gasteiger partial charge in [0.1, 0.15) is 4.49 Å². The van der Waals surface area contributed by atoms with E-state index in [2.05, 4.69) is 6.58 Å². The van der Waals surface area contributed by atoms with E-state index in [9.17, 15) is 0 Å². The van der Waals surface area contributed by atoms with Crippen molar-refractivity contribution in [3.05, 3.63) is 23.2 Å². The molecule has 0 atom stereocenters. The maximum atomic E-state index is 7.51. The van der Waals surface area contributed by atoms with E-state index >= 15 is 0 Å². The molecule has 0 unspecified atom stereocenters. The molecule has 0 N–H and O–H groups in total. The highest BCUT2D eigenvalue weighted by Crippen LogP contribution is 2.03. The molecule has 0 aliphatic carbocycles. The van der Waals surface area contributed by atoms with Crippen molar-refractivity contribution < 1.29 is 0 Å². The van der Waals surface area contributed by atoms with Gasteiger partial charge in [0.05, 0.1) is 6.07 Å². The van der Waals surface area contributed by atoms with Gasteiger partial charge in [0.2, 0.25) is 0 Å². The summed E-state index contributed by atoms with van der Waals surface area (Å²) in [5, 5.41) is 7.51. The Balaban J connectivity index is 0. The lowest BCUT2D eigenvalue weighted by molar-refractivity contribution is 1.54. The lowest BCUT2D eigenvalue weighted by atomic mass is 10.8. The van der Waals surface area contributed by atoms with Crippen LogP contribution in [0.2, 0.25) is 0 Å². The molecule has 0 fully saturated rings. The fourth-order valence-electron chi connectivity index (χ4n) is 0. The maximum absolute atomic E-state index is 7.51. The molecule has 0 rings (SSSR count). The number of hydrogen-bond acceptors (Lipinski definition) is 1. The Labute approximate surface area is 65.2 Å². The van der Waals surface area contributed by atoms with Gasteiger partial charge in [0.25, 0.3) is 0 Å². The summed E-state index contributed by atoms with van der Waals surface area (Å²) in [6, 6.07) is 1.69. The third-order valence-electron chi connectivity index (χ3n) is 0.310. The van der Waals surface area contributed by atoms with E-state index in [1.165, 1.54) is 6.08 Å². The molecule has 0 bridgehead atoms. The van der Waals surface area contributed by atoms with Gasteiger partial charge in [-0.1, -0.05) is 35.9 Å². The molecular formula is C6H7Cl2N. The Morgan fingerprint density at radius 1 is 1.67 bits per heavy atom. The van der Waals surface area contributed by atoms with Gasteiger partial charge in [-0.25, -0.2) is 0 Å². The molecule has 0 aliphatic rings. The highest BCUT2D eigenvalue weighted by atomic mass is 35.5. The molecule has 1 nitrogen and oxygen atoms in total. The third kappa shape index (κ3) is 35.8. The second kappa shape index (κ2) is 10.5. The van der Waals surface area contributed by atoms with Crippen LogP contribution >= 0.6 is 23.2 Å². The topological polar surface area (TPSA) is 23.8 Å². The summed E-state index contributed by atoms with van der Waals surface area (Å²) >= 11 is 10.2. The first-order valence-electron chi connectivity index (χ1n) is 2.16. The number of rotatable bonds is 0. The first kappa shape index (κ1) is 11.4. The van der Waals surface area contributed by atoms with Crippen LogP contribution in [-0.2, 0) is 0 Å². The zero-order valence-corrected chi connectivity index (χ0v) is 6.58. The molecule has 0 aromatic carbocycles. The van der Waals surface area contributed by atoms with Crippen molar-refractivity contribution in [2.75, 3.05) is 0 Å². The van der Waals surface area contributed by atoms with E-state index in [1.54, 1.807) is 19.1 Å². The molecular weight excluding hydrogens is 157 g/mol. The molecule has 0 saturated heterocycles. The Kier molecular flexibility index (Phi) is 13.3. The lowest BCUT2D eigenvalue weighted by Gasteiger charge is -1.66. The minimum atomic E-state index is 0.324. The van der Waals surface area contributed by atoms with Crippen LogP contribution in [0.1, 0.15) is 6.92 Å². The van der Waals surface area contributed by atoms with Crippen molar-refractivity contribution in [1.29, 1.82) is 5.26 Å². The molecule has 50 valence electrons. The monoisotopic (exact) mass is 163 g/mol. The van der Waals surface area contributed by atoms with E-state index in [0.29, 0.717) is 4.49 Å². The van der Waals surface area contributed by atoms with Crippen LogP contribution in [0.25, 0.3) is 0 Å². The molecule has 9 heavy (non-hydrogen) atoms. The molecule has 0 spiro atoms. The van der Waals surface area contributed by atoms with Crippen LogP contribution < -0.4 is 0 Å². The van der Waals surface area contributed by atoms with Gasteiger partial charge in [0.15, 0.2) is 0 Å². The normalized spacial score (nSPS) is 5.56. The van der Waals surface area contributed by atoms with Crippen molar-refractivity contribution in [2.45, 2.75) is 6.92 Å². The minimum absolute atomic E-state index is 0.324. The minimum Gasteiger partial charge on any atom is -0.193 e. The fraction of sp³-hybridized carbons (Fsp3) is 0.167. The standard InChI is InChI=1S/C3H4Cl2.C3H3N/c1-2-3(4)5;1-2-3-4/h2H,1H3;2H,1H2. The fourth-order valence-corrected chi connectivity index (χ4v) is 0. The average Bonchev–Trinajstić information content (AvgIpc) is 1.89. The molecule has 0 radical (unpaired) electrons. The zero-order chi connectivity index (χ0) is 7.70. The van der Waals surface area contributed by atoms with Gasteiger partial charge >= 0.3 is 0 Å². The second-order valence-electron chi connectivity index (χ2n) is 0.912. The Morgan fingerprint density at radius 2 is 1.89 bits per heavy atom. The van der Waals surface area contributed by atoms with Crippen molar-refractivity contribution in [3.63, 3.8) is 0 Å². The predicted octanol–water partition coefficient (Wildman–Crippen LogP) is 3.02. The van der Waals surface area contributed by atoms with Gasteiger partial charge in [-0.3, -0.25) is 0 Å². The average molecular weight is 164 g/mol. The van der Waals surface area contributed by atoms with Crippen molar-refractivity contribution in [2.24, 2.45) is 0 Å². The first-order chi connectivity index (χ1) is 4.18. The van der Waals surface area contributed by atoms with E-state index in [0.717, 1.165) is 0 Å². The SMILES string of the molecule is C=CC#N.CC=C(Cl)Cl. The highest BCUT2D eigenvalue weighted by molar-refractivity contribution is 6.55. The van der Waals surface area contributed by atoms with Crippen LogP contribution in [0.3, 0.4) is 0 Å². The van der Waals surface area contributed by atoms with Gasteiger partial charge in [-0.15, -0.1) is 0 Å². The van der Waals surface area contributed by atoms with Crippen molar-refractivity contribution >= 4 is 23.2 Å². The molecule has 0 aromatic rings. The largest absolute Gasteiger partial charge is 0.193 e. The second-order valence-corrected chi connectivity index (χ2v) is 1.92. The van der Waals surface area contributed by atoms with Crippen molar-refractivity contribution in [1.82, 2.24) is 0 Å². The van der Waals surface area contributed by atoms with Crippen LogP contribution in [0.15, 0.2) is 23.2 Å². The number of nitrogens with zero attached hydrogens (tertiary/aromatic N) is 1. The Morgan fingerprint density at radius 3 is 1.89 bits per heavy atom. The van der Waals surface area contributed by atoms with Crippen LogP contribution in [0, 0.1) is 11.3 Å². The summed E-state index contributed by atoms with van der Waals surface area (Å²) in [7, 11) is 0. The summed E-state index contributed by atoms with van der Waals surface area (Å²) in [4.78, 5) is 0. The number of allylic oxidation sites excluding steroid dienone is 2. The van der Waals surface area contributed by atoms with E-state index in [1.807, 2.05) is 0 Å². The molecule has 0 aliphatic heterocycles. The summed E-state index contributed by atoms with van der Waals surface area (Å²) in [6.45, 7) is 4.89.